The van der Waals surface area contributed by atoms with E-state index >= 15 is 0 Å². The van der Waals surface area contributed by atoms with Gasteiger partial charge in [-0.25, -0.2) is 17.8 Å². The Hall–Kier alpha value is -3.42. The van der Waals surface area contributed by atoms with E-state index in [1.807, 2.05) is 66.9 Å². The maximum absolute atomic E-state index is 12.8. The Balaban J connectivity index is 1.65. The minimum absolute atomic E-state index is 0.116. The molecule has 0 amide bonds. The average molecular weight is 420 g/mol. The SMILES string of the molecule is COc1ccc(S(=O)(=O)NCc2cn(-c3ccccc3)nc2-c2ccccc2)cc1. The second kappa shape index (κ2) is 8.52. The lowest BCUT2D eigenvalue weighted by molar-refractivity contribution is 0.414. The third-order valence-electron chi connectivity index (χ3n) is 4.68. The highest BCUT2D eigenvalue weighted by atomic mass is 32.2. The molecule has 0 radical (unpaired) electrons. The van der Waals surface area contributed by atoms with Crippen LogP contribution in [0.4, 0.5) is 0 Å². The molecular weight excluding hydrogens is 398 g/mol. The number of aromatic nitrogens is 2. The third-order valence-corrected chi connectivity index (χ3v) is 6.10. The zero-order valence-corrected chi connectivity index (χ0v) is 17.2. The normalized spacial score (nSPS) is 11.4. The van der Waals surface area contributed by atoms with Gasteiger partial charge in [0.25, 0.3) is 0 Å². The highest BCUT2D eigenvalue weighted by molar-refractivity contribution is 7.89. The molecule has 1 N–H and O–H groups in total. The fraction of sp³-hybridized carbons (Fsp3) is 0.0870. The van der Waals surface area contributed by atoms with Gasteiger partial charge in [0.15, 0.2) is 0 Å². The van der Waals surface area contributed by atoms with Crippen LogP contribution in [0, 0.1) is 0 Å². The molecule has 0 aliphatic rings. The number of ether oxygens (including phenoxy) is 1. The molecule has 0 aliphatic heterocycles. The van der Waals surface area contributed by atoms with E-state index < -0.39 is 10.0 Å². The summed E-state index contributed by atoms with van der Waals surface area (Å²) < 4.78 is 35.0. The number of rotatable bonds is 7. The molecule has 0 saturated carbocycles. The Labute approximate surface area is 175 Å². The molecular formula is C23H21N3O3S. The van der Waals surface area contributed by atoms with Crippen LogP contribution in [0.1, 0.15) is 5.56 Å². The highest BCUT2D eigenvalue weighted by Gasteiger charge is 2.17. The van der Waals surface area contributed by atoms with Gasteiger partial charge in [0, 0.05) is 23.9 Å². The van der Waals surface area contributed by atoms with E-state index in [4.69, 9.17) is 9.84 Å². The van der Waals surface area contributed by atoms with Crippen molar-refractivity contribution in [1.29, 1.82) is 0 Å². The quantitative estimate of drug-likeness (QED) is 0.491. The third kappa shape index (κ3) is 4.27. The zero-order chi connectivity index (χ0) is 21.0. The van der Waals surface area contributed by atoms with Crippen LogP contribution in [-0.2, 0) is 16.6 Å². The van der Waals surface area contributed by atoms with Crippen molar-refractivity contribution in [1.82, 2.24) is 14.5 Å². The lowest BCUT2D eigenvalue weighted by atomic mass is 10.1. The van der Waals surface area contributed by atoms with E-state index in [1.165, 1.54) is 19.2 Å². The minimum Gasteiger partial charge on any atom is -0.497 e. The van der Waals surface area contributed by atoms with Crippen LogP contribution in [-0.4, -0.2) is 25.3 Å². The van der Waals surface area contributed by atoms with Gasteiger partial charge in [-0.05, 0) is 36.4 Å². The lowest BCUT2D eigenvalue weighted by Gasteiger charge is -2.08. The summed E-state index contributed by atoms with van der Waals surface area (Å²) in [5.41, 5.74) is 3.34. The van der Waals surface area contributed by atoms with E-state index in [0.29, 0.717) is 5.75 Å². The number of sulfonamides is 1. The second-order valence-corrected chi connectivity index (χ2v) is 8.42. The summed E-state index contributed by atoms with van der Waals surface area (Å²) in [6.07, 6.45) is 1.86. The molecule has 4 rings (SSSR count). The fourth-order valence-electron chi connectivity index (χ4n) is 3.10. The summed E-state index contributed by atoms with van der Waals surface area (Å²) >= 11 is 0. The van der Waals surface area contributed by atoms with Crippen LogP contribution in [0.3, 0.4) is 0 Å². The van der Waals surface area contributed by atoms with E-state index in [1.54, 1.807) is 16.8 Å². The van der Waals surface area contributed by atoms with Crippen molar-refractivity contribution in [2.75, 3.05) is 7.11 Å². The largest absolute Gasteiger partial charge is 0.497 e. The van der Waals surface area contributed by atoms with Gasteiger partial charge in [0.05, 0.1) is 23.4 Å². The van der Waals surface area contributed by atoms with E-state index in [2.05, 4.69) is 4.72 Å². The van der Waals surface area contributed by atoms with Crippen LogP contribution < -0.4 is 9.46 Å². The zero-order valence-electron chi connectivity index (χ0n) is 16.4. The molecule has 0 aliphatic carbocycles. The molecule has 1 heterocycles. The van der Waals surface area contributed by atoms with Crippen LogP contribution in [0.15, 0.2) is 96.0 Å². The Kier molecular flexibility index (Phi) is 5.65. The van der Waals surface area contributed by atoms with Crippen LogP contribution >= 0.6 is 0 Å². The molecule has 0 spiro atoms. The van der Waals surface area contributed by atoms with Gasteiger partial charge in [-0.1, -0.05) is 48.5 Å². The summed E-state index contributed by atoms with van der Waals surface area (Å²) in [4.78, 5) is 0.181. The lowest BCUT2D eigenvalue weighted by Crippen LogP contribution is -2.23. The maximum atomic E-state index is 12.8. The predicted molar refractivity (Wildman–Crippen MR) is 116 cm³/mol. The summed E-state index contributed by atoms with van der Waals surface area (Å²) in [6, 6.07) is 25.7. The smallest absolute Gasteiger partial charge is 0.240 e. The van der Waals surface area contributed by atoms with Crippen LogP contribution in [0.2, 0.25) is 0 Å². The fourth-order valence-corrected chi connectivity index (χ4v) is 4.11. The summed E-state index contributed by atoms with van der Waals surface area (Å²) in [5, 5.41) is 4.71. The highest BCUT2D eigenvalue weighted by Crippen LogP contribution is 2.24. The van der Waals surface area contributed by atoms with Crippen molar-refractivity contribution in [3.8, 4) is 22.7 Å². The molecule has 7 heteroatoms. The number of para-hydroxylation sites is 1. The van der Waals surface area contributed by atoms with Gasteiger partial charge < -0.3 is 4.74 Å². The summed E-state index contributed by atoms with van der Waals surface area (Å²) in [6.45, 7) is 0.116. The van der Waals surface area contributed by atoms with Crippen molar-refractivity contribution >= 4 is 10.0 Å². The van der Waals surface area contributed by atoms with E-state index in [9.17, 15) is 8.42 Å². The molecule has 30 heavy (non-hydrogen) atoms. The second-order valence-electron chi connectivity index (χ2n) is 6.65. The summed E-state index contributed by atoms with van der Waals surface area (Å²) in [5.74, 6) is 0.601. The number of hydrogen-bond donors (Lipinski definition) is 1. The molecule has 0 unspecified atom stereocenters. The van der Waals surface area contributed by atoms with Crippen molar-refractivity contribution in [2.24, 2.45) is 0 Å². The van der Waals surface area contributed by atoms with E-state index in [0.717, 1.165) is 22.5 Å². The Morgan fingerprint density at radius 2 is 1.53 bits per heavy atom. The van der Waals surface area contributed by atoms with Gasteiger partial charge in [0.2, 0.25) is 10.0 Å². The topological polar surface area (TPSA) is 73.2 Å². The number of benzene rings is 3. The molecule has 4 aromatic rings. The van der Waals surface area contributed by atoms with Crippen molar-refractivity contribution in [3.05, 3.63) is 96.7 Å². The molecule has 0 bridgehead atoms. The predicted octanol–water partition coefficient (Wildman–Crippen LogP) is 4.03. The standard InChI is InChI=1S/C23H21N3O3S/c1-29-21-12-14-22(15-13-21)30(27,28)24-16-19-17-26(20-10-6-3-7-11-20)25-23(19)18-8-4-2-5-9-18/h2-15,17,24H,16H2,1H3. The van der Waals surface area contributed by atoms with Crippen LogP contribution in [0.25, 0.3) is 16.9 Å². The van der Waals surface area contributed by atoms with E-state index in [-0.39, 0.29) is 11.4 Å². The maximum Gasteiger partial charge on any atom is 0.240 e. The number of methoxy groups -OCH3 is 1. The first-order valence-electron chi connectivity index (χ1n) is 9.40. The Morgan fingerprint density at radius 3 is 2.17 bits per heavy atom. The summed E-state index contributed by atoms with van der Waals surface area (Å²) in [7, 11) is -2.14. The van der Waals surface area contributed by atoms with Crippen molar-refractivity contribution < 1.29 is 13.2 Å². The Bertz CT molecular complexity index is 1220. The van der Waals surface area contributed by atoms with Gasteiger partial charge >= 0.3 is 0 Å². The average Bonchev–Trinajstić information content (AvgIpc) is 3.23. The molecule has 3 aromatic carbocycles. The molecule has 0 saturated heterocycles. The number of nitrogens with zero attached hydrogens (tertiary/aromatic N) is 2. The number of nitrogens with one attached hydrogen (secondary N) is 1. The number of hydrogen-bond acceptors (Lipinski definition) is 4. The Morgan fingerprint density at radius 1 is 0.900 bits per heavy atom. The van der Waals surface area contributed by atoms with Gasteiger partial charge in [0.1, 0.15) is 5.75 Å². The monoisotopic (exact) mass is 419 g/mol. The minimum atomic E-state index is -3.68. The molecule has 0 fully saturated rings. The van der Waals surface area contributed by atoms with Gasteiger partial charge in [-0.2, -0.15) is 5.10 Å². The van der Waals surface area contributed by atoms with Crippen LogP contribution in [0.5, 0.6) is 5.75 Å². The first-order chi connectivity index (χ1) is 14.6. The molecule has 1 aromatic heterocycles. The van der Waals surface area contributed by atoms with Crippen molar-refractivity contribution in [3.63, 3.8) is 0 Å². The molecule has 0 atom stereocenters. The molecule has 152 valence electrons. The first kappa shape index (κ1) is 19.9. The molecule has 6 nitrogen and oxygen atoms in total. The van der Waals surface area contributed by atoms with Gasteiger partial charge in [-0.15, -0.1) is 0 Å². The van der Waals surface area contributed by atoms with Gasteiger partial charge in [-0.3, -0.25) is 0 Å². The van der Waals surface area contributed by atoms with Crippen molar-refractivity contribution in [2.45, 2.75) is 11.4 Å². The first-order valence-corrected chi connectivity index (χ1v) is 10.9.